The molecule has 1 aliphatic heterocycles. The number of carbonyl (C=O) groups excluding carboxylic acids is 2. The largest absolute Gasteiger partial charge is 0.469 e. The van der Waals surface area contributed by atoms with Gasteiger partial charge < -0.3 is 19.5 Å². The molecule has 0 spiro atoms. The summed E-state index contributed by atoms with van der Waals surface area (Å²) in [5, 5.41) is 3.20. The molecule has 2 atom stereocenters. The number of amides is 1. The molecule has 1 heterocycles. The molecule has 34 heavy (non-hydrogen) atoms. The van der Waals surface area contributed by atoms with Crippen molar-refractivity contribution >= 4 is 33.5 Å². The van der Waals surface area contributed by atoms with E-state index in [-0.39, 0.29) is 17.5 Å². The van der Waals surface area contributed by atoms with E-state index >= 15 is 0 Å². The van der Waals surface area contributed by atoms with Gasteiger partial charge in [-0.15, -0.1) is 0 Å². The first-order valence-electron chi connectivity index (χ1n) is 11.7. The highest BCUT2D eigenvalue weighted by molar-refractivity contribution is 7.89. The summed E-state index contributed by atoms with van der Waals surface area (Å²) in [6, 6.07) is 4.60. The first-order chi connectivity index (χ1) is 16.3. The Labute approximate surface area is 206 Å². The molecule has 2 N–H and O–H groups in total. The lowest BCUT2D eigenvalue weighted by molar-refractivity contribution is -0.167. The maximum atomic E-state index is 12.8. The zero-order valence-electron chi connectivity index (χ0n) is 19.6. The van der Waals surface area contributed by atoms with Gasteiger partial charge >= 0.3 is 5.97 Å². The number of carbonyl (C=O) groups is 2. The fourth-order valence-electron chi connectivity index (χ4n) is 3.44. The second-order valence-corrected chi connectivity index (χ2v) is 10.3. The Morgan fingerprint density at radius 3 is 2.50 bits per heavy atom. The van der Waals surface area contributed by atoms with E-state index in [2.05, 4.69) is 14.8 Å². The van der Waals surface area contributed by atoms with Crippen molar-refractivity contribution < 1.29 is 32.2 Å². The highest BCUT2D eigenvalue weighted by Gasteiger charge is 2.27. The monoisotopic (exact) mass is 518 g/mol. The zero-order chi connectivity index (χ0) is 24.8. The van der Waals surface area contributed by atoms with Crippen LogP contribution in [0.3, 0.4) is 0 Å². The van der Waals surface area contributed by atoms with Gasteiger partial charge in [0.05, 0.1) is 18.6 Å². The smallest absolute Gasteiger partial charge is 0.305 e. The Balaban J connectivity index is 1.84. The van der Waals surface area contributed by atoms with Gasteiger partial charge in [0.2, 0.25) is 15.9 Å². The maximum Gasteiger partial charge on any atom is 0.305 e. The van der Waals surface area contributed by atoms with Gasteiger partial charge in [-0.2, -0.15) is 4.72 Å². The van der Waals surface area contributed by atoms with E-state index in [1.807, 2.05) is 0 Å². The second kappa shape index (κ2) is 15.3. The van der Waals surface area contributed by atoms with Crippen molar-refractivity contribution in [2.45, 2.75) is 75.0 Å². The van der Waals surface area contributed by atoms with E-state index < -0.39 is 28.3 Å². The number of ether oxygens (including phenoxy) is 3. The van der Waals surface area contributed by atoms with E-state index in [4.69, 9.17) is 21.1 Å². The molecule has 1 saturated heterocycles. The molecule has 1 aromatic rings. The molecular weight excluding hydrogens is 484 g/mol. The summed E-state index contributed by atoms with van der Waals surface area (Å²) in [6.07, 6.45) is 6.81. The third-order valence-electron chi connectivity index (χ3n) is 5.41. The summed E-state index contributed by atoms with van der Waals surface area (Å²) in [5.74, 6) is -0.667. The average molecular weight is 519 g/mol. The predicted octanol–water partition coefficient (Wildman–Crippen LogP) is 3.16. The van der Waals surface area contributed by atoms with Crippen LogP contribution in [-0.4, -0.2) is 59.5 Å². The van der Waals surface area contributed by atoms with E-state index in [0.29, 0.717) is 31.0 Å². The van der Waals surface area contributed by atoms with E-state index in [0.717, 1.165) is 44.9 Å². The Kier molecular flexibility index (Phi) is 12.8. The van der Waals surface area contributed by atoms with Gasteiger partial charge in [0.25, 0.3) is 0 Å². The van der Waals surface area contributed by atoms with Gasteiger partial charge in [-0.1, -0.05) is 30.9 Å². The lowest BCUT2D eigenvalue weighted by Gasteiger charge is -2.25. The van der Waals surface area contributed by atoms with Crippen molar-refractivity contribution in [2.75, 3.05) is 26.9 Å². The van der Waals surface area contributed by atoms with E-state index in [1.165, 1.54) is 31.4 Å². The third kappa shape index (κ3) is 10.7. The Hall–Kier alpha value is -1.72. The van der Waals surface area contributed by atoms with Crippen molar-refractivity contribution in [3.63, 3.8) is 0 Å². The normalized spacial score (nSPS) is 17.2. The number of methoxy groups -OCH3 is 1. The van der Waals surface area contributed by atoms with Crippen LogP contribution >= 0.6 is 11.6 Å². The molecule has 11 heteroatoms. The fraction of sp³-hybridized carbons (Fsp3) is 0.652. The van der Waals surface area contributed by atoms with Crippen LogP contribution in [0.5, 0.6) is 0 Å². The number of hydrogen-bond acceptors (Lipinski definition) is 7. The van der Waals surface area contributed by atoms with Crippen LogP contribution in [0.1, 0.15) is 57.8 Å². The minimum atomic E-state index is -3.96. The van der Waals surface area contributed by atoms with Crippen molar-refractivity contribution in [3.8, 4) is 0 Å². The first-order valence-corrected chi connectivity index (χ1v) is 13.5. The molecule has 2 rings (SSSR count). The molecule has 1 aliphatic rings. The second-order valence-electron chi connectivity index (χ2n) is 8.14. The Morgan fingerprint density at radius 1 is 1.12 bits per heavy atom. The zero-order valence-corrected chi connectivity index (χ0v) is 21.2. The van der Waals surface area contributed by atoms with E-state index in [1.54, 1.807) is 0 Å². The van der Waals surface area contributed by atoms with Crippen LogP contribution < -0.4 is 10.0 Å². The summed E-state index contributed by atoms with van der Waals surface area (Å²) in [4.78, 5) is 23.9. The molecule has 1 aromatic carbocycles. The maximum absolute atomic E-state index is 12.8. The molecule has 0 radical (unpaired) electrons. The summed E-state index contributed by atoms with van der Waals surface area (Å²) in [7, 11) is -2.58. The molecule has 1 amide bonds. The topological polar surface area (TPSA) is 120 Å². The van der Waals surface area contributed by atoms with Gasteiger partial charge in [-0.25, -0.2) is 8.42 Å². The number of benzene rings is 1. The van der Waals surface area contributed by atoms with Crippen LogP contribution in [0.15, 0.2) is 29.2 Å². The standard InChI is InChI=1S/C23H35ClN2O7S/c1-31-21(27)9-5-3-2-4-7-15-25-23(28)20(17-33-22-10-6-8-16-32-22)26-34(29,30)19-13-11-18(24)12-14-19/h11-14,20,22,26H,2-10,15-17H2,1H3,(H,25,28). The average Bonchev–Trinajstić information content (AvgIpc) is 2.83. The molecular formula is C23H35ClN2O7S. The minimum absolute atomic E-state index is 0.00979. The molecule has 0 saturated carbocycles. The lowest BCUT2D eigenvalue weighted by atomic mass is 10.1. The van der Waals surface area contributed by atoms with Crippen LogP contribution in [0.4, 0.5) is 0 Å². The molecule has 0 bridgehead atoms. The number of sulfonamides is 1. The Bertz CT molecular complexity index is 859. The van der Waals surface area contributed by atoms with Gasteiger partial charge in [0.15, 0.2) is 6.29 Å². The number of esters is 1. The predicted molar refractivity (Wildman–Crippen MR) is 128 cm³/mol. The van der Waals surface area contributed by atoms with Gasteiger partial charge in [-0.05, 0) is 56.4 Å². The van der Waals surface area contributed by atoms with Crippen LogP contribution in [0.2, 0.25) is 5.02 Å². The molecule has 0 aliphatic carbocycles. The third-order valence-corrected chi connectivity index (χ3v) is 7.15. The van der Waals surface area contributed by atoms with Gasteiger partial charge in [0, 0.05) is 24.6 Å². The SMILES string of the molecule is COC(=O)CCCCCCCNC(=O)C(COC1CCCCO1)NS(=O)(=O)c1ccc(Cl)cc1. The van der Waals surface area contributed by atoms with Crippen molar-refractivity contribution in [1.82, 2.24) is 10.0 Å². The summed E-state index contributed by atoms with van der Waals surface area (Å²) >= 11 is 5.85. The van der Waals surface area contributed by atoms with Crippen molar-refractivity contribution in [1.29, 1.82) is 0 Å². The van der Waals surface area contributed by atoms with E-state index in [9.17, 15) is 18.0 Å². The highest BCUT2D eigenvalue weighted by Crippen LogP contribution is 2.16. The molecule has 1 fully saturated rings. The van der Waals surface area contributed by atoms with Crippen LogP contribution in [-0.2, 0) is 33.8 Å². The highest BCUT2D eigenvalue weighted by atomic mass is 35.5. The molecule has 192 valence electrons. The lowest BCUT2D eigenvalue weighted by Crippen LogP contribution is -2.50. The van der Waals surface area contributed by atoms with Gasteiger partial charge in [-0.3, -0.25) is 9.59 Å². The summed E-state index contributed by atoms with van der Waals surface area (Å²) in [6.45, 7) is 0.851. The molecule has 0 aromatic heterocycles. The van der Waals surface area contributed by atoms with Gasteiger partial charge in [0.1, 0.15) is 6.04 Å². The summed E-state index contributed by atoms with van der Waals surface area (Å²) in [5.41, 5.74) is 0. The minimum Gasteiger partial charge on any atom is -0.469 e. The quantitative estimate of drug-likeness (QED) is 0.270. The number of nitrogens with one attached hydrogen (secondary N) is 2. The fourth-order valence-corrected chi connectivity index (χ4v) is 4.75. The molecule has 9 nitrogen and oxygen atoms in total. The van der Waals surface area contributed by atoms with Crippen LogP contribution in [0.25, 0.3) is 0 Å². The first kappa shape index (κ1) is 28.5. The Morgan fingerprint density at radius 2 is 1.82 bits per heavy atom. The number of rotatable bonds is 15. The van der Waals surface area contributed by atoms with Crippen molar-refractivity contribution in [2.24, 2.45) is 0 Å². The number of hydrogen-bond donors (Lipinski definition) is 2. The number of unbranched alkanes of at least 4 members (excludes halogenated alkanes) is 4. The summed E-state index contributed by atoms with van der Waals surface area (Å²) < 4.78 is 43.9. The molecule has 2 unspecified atom stereocenters. The van der Waals surface area contributed by atoms with Crippen molar-refractivity contribution in [3.05, 3.63) is 29.3 Å². The van der Waals surface area contributed by atoms with Crippen LogP contribution in [0, 0.1) is 0 Å². The number of halogens is 1.